The largest absolute Gasteiger partial charge is 0.378 e. The molecule has 0 fully saturated rings. The summed E-state index contributed by atoms with van der Waals surface area (Å²) >= 11 is 0. The third kappa shape index (κ3) is 5.42. The van der Waals surface area contributed by atoms with Gasteiger partial charge in [-0.1, -0.05) is 6.07 Å². The molecule has 0 saturated heterocycles. The van der Waals surface area contributed by atoms with Crippen molar-refractivity contribution in [3.05, 3.63) is 29.3 Å². The van der Waals surface area contributed by atoms with E-state index in [1.807, 2.05) is 37.2 Å². The summed E-state index contributed by atoms with van der Waals surface area (Å²) in [5.41, 5.74) is 3.08. The highest BCUT2D eigenvalue weighted by Crippen LogP contribution is 2.17. The zero-order valence-corrected chi connectivity index (χ0v) is 11.9. The van der Waals surface area contributed by atoms with E-state index in [-0.39, 0.29) is 11.8 Å². The molecule has 2 amide bonds. The van der Waals surface area contributed by atoms with E-state index in [2.05, 4.69) is 10.6 Å². The molecule has 0 aliphatic rings. The summed E-state index contributed by atoms with van der Waals surface area (Å²) in [6.45, 7) is 3.97. The number of rotatable bonds is 5. The molecule has 0 aliphatic heterocycles. The third-order valence-electron chi connectivity index (χ3n) is 2.64. The highest BCUT2D eigenvalue weighted by atomic mass is 16.1. The van der Waals surface area contributed by atoms with Crippen LogP contribution in [-0.2, 0) is 22.7 Å². The normalized spacial score (nSPS) is 9.89. The molecule has 0 unspecified atom stereocenters. The van der Waals surface area contributed by atoms with Crippen molar-refractivity contribution < 1.29 is 9.59 Å². The first kappa shape index (κ1) is 15.0. The number of nitrogens with zero attached hydrogens (tertiary/aromatic N) is 1. The topological polar surface area (TPSA) is 61.4 Å². The Balaban J connectivity index is 2.89. The van der Waals surface area contributed by atoms with E-state index in [0.29, 0.717) is 13.1 Å². The lowest BCUT2D eigenvalue weighted by molar-refractivity contribution is -0.119. The van der Waals surface area contributed by atoms with E-state index in [1.54, 1.807) is 0 Å². The van der Waals surface area contributed by atoms with Crippen molar-refractivity contribution in [1.82, 2.24) is 10.6 Å². The van der Waals surface area contributed by atoms with Gasteiger partial charge in [0.2, 0.25) is 11.8 Å². The first-order valence-corrected chi connectivity index (χ1v) is 6.17. The van der Waals surface area contributed by atoms with Gasteiger partial charge in [0, 0.05) is 46.7 Å². The van der Waals surface area contributed by atoms with Crippen molar-refractivity contribution in [3.8, 4) is 0 Å². The Hall–Kier alpha value is -2.04. The van der Waals surface area contributed by atoms with E-state index in [0.717, 1.165) is 16.8 Å². The highest BCUT2D eigenvalue weighted by molar-refractivity contribution is 5.73. The van der Waals surface area contributed by atoms with Crippen LogP contribution in [0.15, 0.2) is 18.2 Å². The van der Waals surface area contributed by atoms with Gasteiger partial charge in [0.15, 0.2) is 0 Å². The maximum atomic E-state index is 11.0. The molecule has 2 N–H and O–H groups in total. The Labute approximate surface area is 114 Å². The maximum absolute atomic E-state index is 11.0. The number of hydrogen-bond acceptors (Lipinski definition) is 3. The average Bonchev–Trinajstić information content (AvgIpc) is 2.33. The molecule has 1 aromatic rings. The Kier molecular flexibility index (Phi) is 5.36. The quantitative estimate of drug-likeness (QED) is 0.834. The van der Waals surface area contributed by atoms with Gasteiger partial charge >= 0.3 is 0 Å². The van der Waals surface area contributed by atoms with Gasteiger partial charge in [0.05, 0.1) is 0 Å². The molecule has 0 atom stereocenters. The van der Waals surface area contributed by atoms with Crippen LogP contribution in [-0.4, -0.2) is 25.9 Å². The lowest BCUT2D eigenvalue weighted by Gasteiger charge is -2.16. The molecular formula is C14H21N3O2. The van der Waals surface area contributed by atoms with Crippen molar-refractivity contribution in [1.29, 1.82) is 0 Å². The molecule has 1 rings (SSSR count). The zero-order valence-electron chi connectivity index (χ0n) is 11.9. The third-order valence-corrected chi connectivity index (χ3v) is 2.64. The van der Waals surface area contributed by atoms with Gasteiger partial charge in [-0.3, -0.25) is 9.59 Å². The van der Waals surface area contributed by atoms with Gasteiger partial charge in [-0.25, -0.2) is 0 Å². The van der Waals surface area contributed by atoms with Crippen LogP contribution in [0.2, 0.25) is 0 Å². The van der Waals surface area contributed by atoms with Crippen LogP contribution < -0.4 is 15.5 Å². The van der Waals surface area contributed by atoms with Crippen LogP contribution in [0.3, 0.4) is 0 Å². The van der Waals surface area contributed by atoms with Crippen LogP contribution in [0.5, 0.6) is 0 Å². The fraction of sp³-hybridized carbons (Fsp3) is 0.429. The van der Waals surface area contributed by atoms with E-state index in [9.17, 15) is 9.59 Å². The zero-order chi connectivity index (χ0) is 14.4. The van der Waals surface area contributed by atoms with Gasteiger partial charge in [0.25, 0.3) is 0 Å². The van der Waals surface area contributed by atoms with Crippen molar-refractivity contribution in [2.75, 3.05) is 19.0 Å². The lowest BCUT2D eigenvalue weighted by Crippen LogP contribution is -2.21. The molecule has 104 valence electrons. The Bertz CT molecular complexity index is 434. The monoisotopic (exact) mass is 263 g/mol. The minimum Gasteiger partial charge on any atom is -0.378 e. The Morgan fingerprint density at radius 2 is 1.37 bits per heavy atom. The molecule has 0 heterocycles. The molecule has 0 bridgehead atoms. The van der Waals surface area contributed by atoms with Crippen molar-refractivity contribution in [2.45, 2.75) is 26.9 Å². The predicted octanol–water partition coefficient (Wildman–Crippen LogP) is 1.02. The molecule has 5 heteroatoms. The van der Waals surface area contributed by atoms with Crippen molar-refractivity contribution in [3.63, 3.8) is 0 Å². The summed E-state index contributed by atoms with van der Waals surface area (Å²) in [5.74, 6) is -0.114. The smallest absolute Gasteiger partial charge is 0.217 e. The number of benzene rings is 1. The number of carbonyl (C=O) groups is 2. The molecule has 1 aromatic carbocycles. The molecule has 19 heavy (non-hydrogen) atoms. The predicted molar refractivity (Wildman–Crippen MR) is 75.8 cm³/mol. The first-order valence-electron chi connectivity index (χ1n) is 6.17. The summed E-state index contributed by atoms with van der Waals surface area (Å²) < 4.78 is 0. The van der Waals surface area contributed by atoms with Gasteiger partial charge in [0.1, 0.15) is 0 Å². The maximum Gasteiger partial charge on any atom is 0.217 e. The number of anilines is 1. The second-order valence-electron chi connectivity index (χ2n) is 4.72. The Morgan fingerprint density at radius 1 is 0.947 bits per heavy atom. The van der Waals surface area contributed by atoms with E-state index in [1.165, 1.54) is 13.8 Å². The van der Waals surface area contributed by atoms with Crippen molar-refractivity contribution >= 4 is 17.5 Å². The Morgan fingerprint density at radius 3 is 1.68 bits per heavy atom. The molecule has 5 nitrogen and oxygen atoms in total. The van der Waals surface area contributed by atoms with E-state index < -0.39 is 0 Å². The standard InChI is InChI=1S/C14H21N3O2/c1-10(18)15-8-12-5-13(9-16-11(2)19)7-14(6-12)17(3)4/h5-7H,8-9H2,1-4H3,(H,15,18)(H,16,19). The lowest BCUT2D eigenvalue weighted by atomic mass is 10.1. The van der Waals surface area contributed by atoms with Gasteiger partial charge < -0.3 is 15.5 Å². The fourth-order valence-corrected chi connectivity index (χ4v) is 1.66. The first-order chi connectivity index (χ1) is 8.88. The minimum absolute atomic E-state index is 0.0568. The fourth-order valence-electron chi connectivity index (χ4n) is 1.66. The molecule has 0 radical (unpaired) electrons. The summed E-state index contributed by atoms with van der Waals surface area (Å²) in [5, 5.41) is 5.55. The summed E-state index contributed by atoms with van der Waals surface area (Å²) in [7, 11) is 3.92. The second kappa shape index (κ2) is 6.78. The molecule has 0 saturated carbocycles. The number of amides is 2. The van der Waals surface area contributed by atoms with Gasteiger partial charge in [-0.15, -0.1) is 0 Å². The van der Waals surface area contributed by atoms with Crippen LogP contribution in [0.1, 0.15) is 25.0 Å². The number of hydrogen-bond donors (Lipinski definition) is 2. The van der Waals surface area contributed by atoms with Crippen LogP contribution in [0, 0.1) is 0 Å². The summed E-state index contributed by atoms with van der Waals surface area (Å²) in [6, 6.07) is 6.03. The number of nitrogens with one attached hydrogen (secondary N) is 2. The van der Waals surface area contributed by atoms with Crippen LogP contribution >= 0.6 is 0 Å². The average molecular weight is 263 g/mol. The molecule has 0 aromatic heterocycles. The minimum atomic E-state index is -0.0568. The highest BCUT2D eigenvalue weighted by Gasteiger charge is 2.04. The van der Waals surface area contributed by atoms with Crippen LogP contribution in [0.4, 0.5) is 5.69 Å². The van der Waals surface area contributed by atoms with E-state index in [4.69, 9.17) is 0 Å². The second-order valence-corrected chi connectivity index (χ2v) is 4.72. The van der Waals surface area contributed by atoms with Gasteiger partial charge in [-0.05, 0) is 23.3 Å². The molecule has 0 aliphatic carbocycles. The van der Waals surface area contributed by atoms with Gasteiger partial charge in [-0.2, -0.15) is 0 Å². The van der Waals surface area contributed by atoms with Crippen LogP contribution in [0.25, 0.3) is 0 Å². The summed E-state index contributed by atoms with van der Waals surface area (Å²) in [4.78, 5) is 23.9. The van der Waals surface area contributed by atoms with E-state index >= 15 is 0 Å². The SMILES string of the molecule is CC(=O)NCc1cc(CNC(C)=O)cc(N(C)C)c1. The number of carbonyl (C=O) groups excluding carboxylic acids is 2. The molecular weight excluding hydrogens is 242 g/mol. The molecule has 0 spiro atoms. The van der Waals surface area contributed by atoms with Crippen molar-refractivity contribution in [2.24, 2.45) is 0 Å². The summed E-state index contributed by atoms with van der Waals surface area (Å²) in [6.07, 6.45) is 0.